The lowest BCUT2D eigenvalue weighted by molar-refractivity contribution is 0.0291. The number of allylic oxidation sites excluding steroid dienone is 3. The van der Waals surface area contributed by atoms with E-state index in [0.717, 1.165) is 23.3 Å². The lowest BCUT2D eigenvalue weighted by atomic mass is 10.1. The summed E-state index contributed by atoms with van der Waals surface area (Å²) in [5.41, 5.74) is 3.10. The molecule has 2 heterocycles. The molecule has 7 nitrogen and oxygen atoms in total. The summed E-state index contributed by atoms with van der Waals surface area (Å²) in [6.45, 7) is 5.39. The lowest BCUT2D eigenvalue weighted by Crippen LogP contribution is -2.15. The SMILES string of the molecule is COc1oc(C2CCC(=CC(C)=Cc3ccc(N(O)O)cc3)O2)c(C)c(=O)c1C. The van der Waals surface area contributed by atoms with Crippen LogP contribution in [0.2, 0.25) is 0 Å². The van der Waals surface area contributed by atoms with Gasteiger partial charge in [0.25, 0.3) is 5.95 Å². The molecule has 1 aliphatic rings. The standard InChI is InChI=1S/C22H25NO6/c1-13(11-16-5-7-17(8-6-16)23(25)26)12-18-9-10-19(28-18)21-14(2)20(24)15(3)22(27-4)29-21/h5-8,11-12,19,25-26H,9-10H2,1-4H3. The molecule has 1 atom stereocenters. The van der Waals surface area contributed by atoms with Crippen LogP contribution in [0.3, 0.4) is 0 Å². The van der Waals surface area contributed by atoms with Crippen molar-refractivity contribution in [1.82, 2.24) is 0 Å². The topological polar surface area (TPSA) is 92.4 Å². The first-order chi connectivity index (χ1) is 13.8. The smallest absolute Gasteiger partial charge is 0.291 e. The zero-order valence-corrected chi connectivity index (χ0v) is 16.9. The number of hydrogen-bond acceptors (Lipinski definition) is 7. The average molecular weight is 399 g/mol. The van der Waals surface area contributed by atoms with E-state index in [1.54, 1.807) is 38.1 Å². The maximum atomic E-state index is 12.4. The molecule has 3 rings (SSSR count). The largest absolute Gasteiger partial charge is 0.487 e. The number of benzene rings is 1. The minimum atomic E-state index is -0.323. The second-order valence-corrected chi connectivity index (χ2v) is 7.06. The Morgan fingerprint density at radius 1 is 1.21 bits per heavy atom. The Morgan fingerprint density at radius 3 is 2.52 bits per heavy atom. The molecule has 0 saturated carbocycles. The van der Waals surface area contributed by atoms with E-state index in [1.807, 2.05) is 19.1 Å². The first kappa shape index (κ1) is 20.7. The third-order valence-corrected chi connectivity index (χ3v) is 4.89. The Hall–Kier alpha value is -3.03. The molecule has 1 saturated heterocycles. The number of methoxy groups -OCH3 is 1. The van der Waals surface area contributed by atoms with Gasteiger partial charge in [0.2, 0.25) is 0 Å². The summed E-state index contributed by atoms with van der Waals surface area (Å²) in [5, 5.41) is 18.1. The molecule has 0 aliphatic carbocycles. The molecule has 1 unspecified atom stereocenters. The molecule has 2 N–H and O–H groups in total. The average Bonchev–Trinajstić information content (AvgIpc) is 3.14. The van der Waals surface area contributed by atoms with Gasteiger partial charge in [-0.2, -0.15) is 0 Å². The number of hydrogen-bond donors (Lipinski definition) is 2. The third-order valence-electron chi connectivity index (χ3n) is 4.89. The number of nitrogens with zero attached hydrogens (tertiary/aromatic N) is 1. The number of ether oxygens (including phenoxy) is 2. The molecule has 29 heavy (non-hydrogen) atoms. The maximum absolute atomic E-state index is 12.4. The van der Waals surface area contributed by atoms with Gasteiger partial charge in [-0.1, -0.05) is 18.2 Å². The minimum Gasteiger partial charge on any atom is -0.487 e. The second-order valence-electron chi connectivity index (χ2n) is 7.06. The van der Waals surface area contributed by atoms with Gasteiger partial charge in [0.05, 0.1) is 24.1 Å². The van der Waals surface area contributed by atoms with E-state index >= 15 is 0 Å². The highest BCUT2D eigenvalue weighted by Gasteiger charge is 2.28. The van der Waals surface area contributed by atoms with E-state index in [2.05, 4.69) is 0 Å². The monoisotopic (exact) mass is 399 g/mol. The zero-order valence-electron chi connectivity index (χ0n) is 16.9. The summed E-state index contributed by atoms with van der Waals surface area (Å²) in [7, 11) is 1.48. The summed E-state index contributed by atoms with van der Waals surface area (Å²) in [4.78, 5) is 12.4. The van der Waals surface area contributed by atoms with Crippen LogP contribution in [0.25, 0.3) is 6.08 Å². The van der Waals surface area contributed by atoms with Gasteiger partial charge in [-0.25, -0.2) is 0 Å². The van der Waals surface area contributed by atoms with Crippen molar-refractivity contribution < 1.29 is 24.3 Å². The lowest BCUT2D eigenvalue weighted by Gasteiger charge is -2.14. The van der Waals surface area contributed by atoms with Crippen LogP contribution in [0, 0.1) is 13.8 Å². The van der Waals surface area contributed by atoms with Crippen LogP contribution < -0.4 is 15.4 Å². The quantitative estimate of drug-likeness (QED) is 0.705. The molecule has 0 spiro atoms. The van der Waals surface area contributed by atoms with E-state index in [9.17, 15) is 4.79 Å². The molecule has 0 amide bonds. The van der Waals surface area contributed by atoms with E-state index in [1.165, 1.54) is 7.11 Å². The number of rotatable bonds is 5. The van der Waals surface area contributed by atoms with E-state index < -0.39 is 0 Å². The summed E-state index contributed by atoms with van der Waals surface area (Å²) >= 11 is 0. The fraction of sp³-hybridized carbons (Fsp3) is 0.318. The van der Waals surface area contributed by atoms with Crippen molar-refractivity contribution in [2.75, 3.05) is 12.3 Å². The van der Waals surface area contributed by atoms with Gasteiger partial charge in [0, 0.05) is 12.0 Å². The van der Waals surface area contributed by atoms with Crippen LogP contribution in [0.15, 0.2) is 50.9 Å². The first-order valence-electron chi connectivity index (χ1n) is 9.31. The van der Waals surface area contributed by atoms with Crippen LogP contribution in [0.1, 0.15) is 48.3 Å². The fourth-order valence-corrected chi connectivity index (χ4v) is 3.37. The predicted molar refractivity (Wildman–Crippen MR) is 108 cm³/mol. The van der Waals surface area contributed by atoms with Gasteiger partial charge in [-0.15, -0.1) is 5.23 Å². The fourth-order valence-electron chi connectivity index (χ4n) is 3.37. The van der Waals surface area contributed by atoms with Crippen LogP contribution in [0.5, 0.6) is 5.95 Å². The third kappa shape index (κ3) is 4.52. The van der Waals surface area contributed by atoms with E-state index in [4.69, 9.17) is 24.3 Å². The Balaban J connectivity index is 1.77. The van der Waals surface area contributed by atoms with Crippen molar-refractivity contribution >= 4 is 11.8 Å². The normalized spacial score (nSPS) is 18.1. The minimum absolute atomic E-state index is 0.0786. The molecule has 7 heteroatoms. The maximum Gasteiger partial charge on any atom is 0.291 e. The summed E-state index contributed by atoms with van der Waals surface area (Å²) in [5.74, 6) is 1.55. The first-order valence-corrected chi connectivity index (χ1v) is 9.31. The van der Waals surface area contributed by atoms with Crippen molar-refractivity contribution in [3.05, 3.63) is 74.3 Å². The van der Waals surface area contributed by atoms with Gasteiger partial charge >= 0.3 is 0 Å². The molecule has 1 aliphatic heterocycles. The zero-order chi connectivity index (χ0) is 21.1. The Labute approximate surface area is 169 Å². The molecule has 0 radical (unpaired) electrons. The predicted octanol–water partition coefficient (Wildman–Crippen LogP) is 4.69. The molecule has 154 valence electrons. The molecule has 1 aromatic heterocycles. The van der Waals surface area contributed by atoms with E-state index in [-0.39, 0.29) is 28.4 Å². The molecule has 1 aromatic carbocycles. The summed E-state index contributed by atoms with van der Waals surface area (Å²) in [6, 6.07) is 6.77. The highest BCUT2D eigenvalue weighted by molar-refractivity contribution is 5.58. The highest BCUT2D eigenvalue weighted by atomic mass is 16.8. The Bertz CT molecular complexity index is 1000. The van der Waals surface area contributed by atoms with Crippen molar-refractivity contribution in [2.24, 2.45) is 0 Å². The molecular weight excluding hydrogens is 374 g/mol. The Kier molecular flexibility index (Phi) is 6.10. The Morgan fingerprint density at radius 2 is 1.90 bits per heavy atom. The van der Waals surface area contributed by atoms with Crippen LogP contribution in [-0.2, 0) is 4.74 Å². The van der Waals surface area contributed by atoms with Crippen LogP contribution >= 0.6 is 0 Å². The molecule has 2 aromatic rings. The van der Waals surface area contributed by atoms with Gasteiger partial charge in [-0.05, 0) is 56.5 Å². The molecular formula is C22H25NO6. The van der Waals surface area contributed by atoms with Crippen LogP contribution in [0.4, 0.5) is 5.69 Å². The van der Waals surface area contributed by atoms with E-state index in [0.29, 0.717) is 23.3 Å². The van der Waals surface area contributed by atoms with Crippen molar-refractivity contribution in [2.45, 2.75) is 39.7 Å². The van der Waals surface area contributed by atoms with Crippen molar-refractivity contribution in [1.29, 1.82) is 0 Å². The number of anilines is 1. The van der Waals surface area contributed by atoms with Crippen molar-refractivity contribution in [3.8, 4) is 5.95 Å². The van der Waals surface area contributed by atoms with Gasteiger partial charge < -0.3 is 13.9 Å². The van der Waals surface area contributed by atoms with Crippen molar-refractivity contribution in [3.63, 3.8) is 0 Å². The second kappa shape index (κ2) is 8.55. The van der Waals surface area contributed by atoms with Gasteiger partial charge in [0.1, 0.15) is 0 Å². The van der Waals surface area contributed by atoms with Gasteiger partial charge in [-0.3, -0.25) is 15.2 Å². The van der Waals surface area contributed by atoms with Gasteiger partial charge in [0.15, 0.2) is 17.3 Å². The highest BCUT2D eigenvalue weighted by Crippen LogP contribution is 2.38. The molecule has 1 fully saturated rings. The molecule has 0 bridgehead atoms. The summed E-state index contributed by atoms with van der Waals surface area (Å²) < 4.78 is 17.0. The van der Waals surface area contributed by atoms with Crippen LogP contribution in [-0.4, -0.2) is 17.5 Å². The summed E-state index contributed by atoms with van der Waals surface area (Å²) in [6.07, 6.45) is 5.05.